The second-order valence-corrected chi connectivity index (χ2v) is 3.08. The number of rotatable bonds is 3. The van der Waals surface area contributed by atoms with Gasteiger partial charge in [0.05, 0.1) is 11.7 Å². The molecule has 1 aliphatic heterocycles. The zero-order chi connectivity index (χ0) is 10.6. The highest BCUT2D eigenvalue weighted by Crippen LogP contribution is 2.20. The summed E-state index contributed by atoms with van der Waals surface area (Å²) in [4.78, 5) is 11.2. The summed E-state index contributed by atoms with van der Waals surface area (Å²) in [5.74, 6) is -0.360. The molecule has 1 rings (SSSR count). The predicted molar refractivity (Wildman–Crippen MR) is 53.6 cm³/mol. The van der Waals surface area contributed by atoms with Crippen molar-refractivity contribution in [2.24, 2.45) is 0 Å². The van der Waals surface area contributed by atoms with Crippen molar-refractivity contribution >= 4 is 5.97 Å². The maximum absolute atomic E-state index is 11.2. The summed E-state index contributed by atoms with van der Waals surface area (Å²) in [6.07, 6.45) is 6.46. The molecular weight excluding hydrogens is 180 g/mol. The van der Waals surface area contributed by atoms with Crippen LogP contribution >= 0.6 is 0 Å². The first-order chi connectivity index (χ1) is 6.66. The van der Waals surface area contributed by atoms with Crippen LogP contribution in [-0.4, -0.2) is 23.8 Å². The van der Waals surface area contributed by atoms with Gasteiger partial charge in [0.2, 0.25) is 0 Å². The number of aliphatic hydroxyl groups excluding tert-OH is 1. The SMILES string of the molecule is C/C=C/C=C/C1=C(C(C)O)COC1=O. The number of cyclic esters (lactones) is 1. The van der Waals surface area contributed by atoms with Crippen LogP contribution in [0.3, 0.4) is 0 Å². The summed E-state index contributed by atoms with van der Waals surface area (Å²) >= 11 is 0. The molecule has 76 valence electrons. The van der Waals surface area contributed by atoms with Crippen molar-refractivity contribution in [2.75, 3.05) is 6.61 Å². The van der Waals surface area contributed by atoms with Gasteiger partial charge >= 0.3 is 5.97 Å². The Balaban J connectivity index is 2.89. The molecule has 0 saturated heterocycles. The number of carbonyl (C=O) groups is 1. The molecule has 3 heteroatoms. The van der Waals surface area contributed by atoms with Gasteiger partial charge in [-0.25, -0.2) is 4.79 Å². The molecule has 0 fully saturated rings. The summed E-state index contributed by atoms with van der Waals surface area (Å²) in [7, 11) is 0. The molecule has 0 aliphatic carbocycles. The predicted octanol–water partition coefficient (Wildman–Crippen LogP) is 1.35. The van der Waals surface area contributed by atoms with Gasteiger partial charge in [-0.05, 0) is 19.9 Å². The lowest BCUT2D eigenvalue weighted by Gasteiger charge is -2.02. The van der Waals surface area contributed by atoms with E-state index in [1.54, 1.807) is 19.1 Å². The van der Waals surface area contributed by atoms with Crippen molar-refractivity contribution in [3.05, 3.63) is 35.5 Å². The fraction of sp³-hybridized carbons (Fsp3) is 0.364. The monoisotopic (exact) mass is 194 g/mol. The molecule has 1 unspecified atom stereocenters. The number of esters is 1. The quantitative estimate of drug-likeness (QED) is 0.545. The largest absolute Gasteiger partial charge is 0.457 e. The lowest BCUT2D eigenvalue weighted by atomic mass is 10.1. The van der Waals surface area contributed by atoms with Gasteiger partial charge in [0.15, 0.2) is 0 Å². The first kappa shape index (κ1) is 10.7. The zero-order valence-electron chi connectivity index (χ0n) is 8.36. The molecule has 1 aliphatic rings. The average Bonchev–Trinajstić information content (AvgIpc) is 2.48. The third-order valence-corrected chi connectivity index (χ3v) is 2.00. The van der Waals surface area contributed by atoms with Crippen molar-refractivity contribution < 1.29 is 14.6 Å². The molecule has 0 saturated carbocycles. The number of allylic oxidation sites excluding steroid dienone is 3. The van der Waals surface area contributed by atoms with Crippen LogP contribution in [0.15, 0.2) is 35.5 Å². The van der Waals surface area contributed by atoms with Gasteiger partial charge in [0.1, 0.15) is 6.61 Å². The fourth-order valence-electron chi connectivity index (χ4n) is 1.21. The third-order valence-electron chi connectivity index (χ3n) is 2.00. The summed E-state index contributed by atoms with van der Waals surface area (Å²) in [6.45, 7) is 3.72. The van der Waals surface area contributed by atoms with Crippen LogP contribution in [0.2, 0.25) is 0 Å². The van der Waals surface area contributed by atoms with E-state index in [0.717, 1.165) is 0 Å². The van der Waals surface area contributed by atoms with E-state index >= 15 is 0 Å². The molecule has 0 bridgehead atoms. The van der Waals surface area contributed by atoms with Gasteiger partial charge in [-0.15, -0.1) is 0 Å². The van der Waals surface area contributed by atoms with Gasteiger partial charge in [-0.3, -0.25) is 0 Å². The molecule has 0 aromatic carbocycles. The van der Waals surface area contributed by atoms with Crippen molar-refractivity contribution in [2.45, 2.75) is 20.0 Å². The molecule has 1 atom stereocenters. The Bertz CT molecular complexity index is 308. The minimum atomic E-state index is -0.633. The molecule has 1 N–H and O–H groups in total. The van der Waals surface area contributed by atoms with Crippen LogP contribution in [0.25, 0.3) is 0 Å². The van der Waals surface area contributed by atoms with E-state index in [-0.39, 0.29) is 12.6 Å². The lowest BCUT2D eigenvalue weighted by molar-refractivity contribution is -0.135. The summed E-state index contributed by atoms with van der Waals surface area (Å²) in [6, 6.07) is 0. The minimum absolute atomic E-state index is 0.200. The maximum atomic E-state index is 11.2. The van der Waals surface area contributed by atoms with Crippen molar-refractivity contribution in [3.8, 4) is 0 Å². The Labute approximate surface area is 83.4 Å². The molecular formula is C11H14O3. The first-order valence-corrected chi connectivity index (χ1v) is 4.54. The van der Waals surface area contributed by atoms with E-state index in [2.05, 4.69) is 0 Å². The van der Waals surface area contributed by atoms with E-state index in [1.807, 2.05) is 19.1 Å². The van der Waals surface area contributed by atoms with Crippen LogP contribution in [0, 0.1) is 0 Å². The topological polar surface area (TPSA) is 46.5 Å². The van der Waals surface area contributed by atoms with Crippen LogP contribution in [0.4, 0.5) is 0 Å². The summed E-state index contributed by atoms with van der Waals surface area (Å²) in [5, 5.41) is 9.35. The molecule has 0 aromatic heterocycles. The first-order valence-electron chi connectivity index (χ1n) is 4.54. The normalized spacial score (nSPS) is 19.8. The van der Waals surface area contributed by atoms with E-state index in [4.69, 9.17) is 4.74 Å². The Morgan fingerprint density at radius 1 is 1.50 bits per heavy atom. The highest BCUT2D eigenvalue weighted by molar-refractivity contribution is 5.95. The molecule has 14 heavy (non-hydrogen) atoms. The van der Waals surface area contributed by atoms with Crippen LogP contribution in [0.1, 0.15) is 13.8 Å². The molecule has 0 aromatic rings. The van der Waals surface area contributed by atoms with Crippen molar-refractivity contribution in [1.29, 1.82) is 0 Å². The molecule has 0 spiro atoms. The highest BCUT2D eigenvalue weighted by atomic mass is 16.5. The van der Waals surface area contributed by atoms with Gasteiger partial charge in [0.25, 0.3) is 0 Å². The Hall–Kier alpha value is -1.35. The highest BCUT2D eigenvalue weighted by Gasteiger charge is 2.24. The number of aliphatic hydroxyl groups is 1. The van der Waals surface area contributed by atoms with E-state index in [0.29, 0.717) is 11.1 Å². The van der Waals surface area contributed by atoms with Crippen molar-refractivity contribution in [3.63, 3.8) is 0 Å². The minimum Gasteiger partial charge on any atom is -0.457 e. The third kappa shape index (κ3) is 2.33. The molecule has 0 radical (unpaired) electrons. The van der Waals surface area contributed by atoms with Gasteiger partial charge in [-0.1, -0.05) is 18.2 Å². The van der Waals surface area contributed by atoms with E-state index in [1.165, 1.54) is 0 Å². The number of ether oxygens (including phenoxy) is 1. The Morgan fingerprint density at radius 3 is 2.79 bits per heavy atom. The number of hydrogen-bond donors (Lipinski definition) is 1. The zero-order valence-corrected chi connectivity index (χ0v) is 8.36. The molecule has 3 nitrogen and oxygen atoms in total. The van der Waals surface area contributed by atoms with E-state index in [9.17, 15) is 9.90 Å². The molecule has 0 amide bonds. The van der Waals surface area contributed by atoms with Crippen LogP contribution < -0.4 is 0 Å². The van der Waals surface area contributed by atoms with Gasteiger partial charge in [0, 0.05) is 5.57 Å². The summed E-state index contributed by atoms with van der Waals surface area (Å²) < 4.78 is 4.82. The van der Waals surface area contributed by atoms with Gasteiger partial charge < -0.3 is 9.84 Å². The maximum Gasteiger partial charge on any atom is 0.338 e. The fourth-order valence-corrected chi connectivity index (χ4v) is 1.21. The standard InChI is InChI=1S/C11H14O3/c1-3-4-5-6-9-10(8(2)12)7-14-11(9)13/h3-6,8,12H,7H2,1-2H3/b4-3+,6-5+. The lowest BCUT2D eigenvalue weighted by Crippen LogP contribution is -2.06. The van der Waals surface area contributed by atoms with Crippen LogP contribution in [-0.2, 0) is 9.53 Å². The van der Waals surface area contributed by atoms with Gasteiger partial charge in [-0.2, -0.15) is 0 Å². The second-order valence-electron chi connectivity index (χ2n) is 3.08. The van der Waals surface area contributed by atoms with Crippen LogP contribution in [0.5, 0.6) is 0 Å². The average molecular weight is 194 g/mol. The Kier molecular flexibility index (Phi) is 3.65. The number of hydrogen-bond acceptors (Lipinski definition) is 3. The van der Waals surface area contributed by atoms with E-state index < -0.39 is 6.10 Å². The smallest absolute Gasteiger partial charge is 0.338 e. The molecule has 1 heterocycles. The number of carbonyl (C=O) groups excluding carboxylic acids is 1. The summed E-state index contributed by atoms with van der Waals surface area (Å²) in [5.41, 5.74) is 1.12. The second kappa shape index (κ2) is 4.77. The van der Waals surface area contributed by atoms with Crippen molar-refractivity contribution in [1.82, 2.24) is 0 Å². The Morgan fingerprint density at radius 2 is 2.21 bits per heavy atom.